The van der Waals surface area contributed by atoms with Gasteiger partial charge in [0.2, 0.25) is 0 Å². The van der Waals surface area contributed by atoms with Crippen LogP contribution in [0.5, 0.6) is 0 Å². The normalized spacial score (nSPS) is 10.1. The SMILES string of the molecule is CC(C)CCCCCOC(=O)CS.[CH3][SnH]([CH3])[CH3]. The van der Waals surface area contributed by atoms with Gasteiger partial charge in [-0.25, -0.2) is 0 Å². The van der Waals surface area contributed by atoms with Crippen molar-refractivity contribution in [2.45, 2.75) is 54.3 Å². The molecule has 0 spiro atoms. The zero-order valence-corrected chi connectivity index (χ0v) is 16.4. The molecule has 0 radical (unpaired) electrons. The molecular formula is C13H30O2SSn. The van der Waals surface area contributed by atoms with Gasteiger partial charge in [0.25, 0.3) is 0 Å². The molecule has 4 heteroatoms. The second-order valence-electron chi connectivity index (χ2n) is 5.35. The van der Waals surface area contributed by atoms with E-state index in [1.165, 1.54) is 12.8 Å². The first kappa shape index (κ1) is 19.9. The molecule has 0 bridgehead atoms. The van der Waals surface area contributed by atoms with Gasteiger partial charge in [-0.2, -0.15) is 12.6 Å². The molecule has 0 rings (SSSR count). The zero-order valence-electron chi connectivity index (χ0n) is 12.2. The van der Waals surface area contributed by atoms with Gasteiger partial charge < -0.3 is 4.74 Å². The van der Waals surface area contributed by atoms with E-state index in [-0.39, 0.29) is 11.7 Å². The summed E-state index contributed by atoms with van der Waals surface area (Å²) in [6, 6.07) is 0. The van der Waals surface area contributed by atoms with Gasteiger partial charge >= 0.3 is 40.5 Å². The third kappa shape index (κ3) is 26.3. The standard InChI is InChI=1S/C10H20O2S.3CH3.Sn.H/c1-9(2)6-4-3-5-7-12-10(11)8-13;;;;;/h9,13H,3-8H2,1-2H3;3*1H3;;. The molecule has 0 saturated carbocycles. The number of carbonyl (C=O) groups is 1. The molecule has 0 aliphatic rings. The monoisotopic (exact) mass is 370 g/mol. The van der Waals surface area contributed by atoms with E-state index in [1.54, 1.807) is 0 Å². The van der Waals surface area contributed by atoms with Gasteiger partial charge in [0, 0.05) is 0 Å². The number of carbonyl (C=O) groups excluding carboxylic acids is 1. The van der Waals surface area contributed by atoms with E-state index in [4.69, 9.17) is 4.74 Å². The van der Waals surface area contributed by atoms with E-state index in [0.29, 0.717) is 6.61 Å². The van der Waals surface area contributed by atoms with E-state index in [2.05, 4.69) is 41.3 Å². The molecule has 0 aromatic rings. The van der Waals surface area contributed by atoms with E-state index in [1.807, 2.05) is 0 Å². The minimum absolute atomic E-state index is 0.187. The number of unbranched alkanes of at least 4 members (excludes halogenated alkanes) is 2. The number of esters is 1. The van der Waals surface area contributed by atoms with Crippen LogP contribution >= 0.6 is 12.6 Å². The molecule has 17 heavy (non-hydrogen) atoms. The number of hydrogen-bond acceptors (Lipinski definition) is 3. The maximum absolute atomic E-state index is 10.7. The molecule has 2 nitrogen and oxygen atoms in total. The predicted molar refractivity (Wildman–Crippen MR) is 82.9 cm³/mol. The average Bonchev–Trinajstić information content (AvgIpc) is 2.21. The first-order valence-corrected chi connectivity index (χ1v) is 17.2. The first-order valence-electron chi connectivity index (χ1n) is 6.66. The van der Waals surface area contributed by atoms with E-state index in [0.717, 1.165) is 18.8 Å². The molecule has 0 saturated heterocycles. The van der Waals surface area contributed by atoms with Crippen LogP contribution in [0.25, 0.3) is 0 Å². The van der Waals surface area contributed by atoms with Crippen LogP contribution in [-0.4, -0.2) is 38.1 Å². The molecule has 0 amide bonds. The second kappa shape index (κ2) is 14.7. The number of thiol groups is 1. The van der Waals surface area contributed by atoms with Gasteiger partial charge in [-0.05, 0) is 12.3 Å². The van der Waals surface area contributed by atoms with Crippen molar-refractivity contribution in [2.75, 3.05) is 12.4 Å². The molecule has 0 N–H and O–H groups in total. The number of ether oxygens (including phenoxy) is 1. The van der Waals surface area contributed by atoms with Crippen molar-refractivity contribution in [2.24, 2.45) is 5.92 Å². The van der Waals surface area contributed by atoms with Gasteiger partial charge in [0.05, 0.1) is 12.4 Å². The van der Waals surface area contributed by atoms with Crippen molar-refractivity contribution in [3.8, 4) is 0 Å². The van der Waals surface area contributed by atoms with Crippen LogP contribution in [0.4, 0.5) is 0 Å². The Kier molecular flexibility index (Phi) is 17.2. The molecule has 0 fully saturated rings. The summed E-state index contributed by atoms with van der Waals surface area (Å²) in [5, 5.41) is 0. The molecule has 0 heterocycles. The summed E-state index contributed by atoms with van der Waals surface area (Å²) in [5.74, 6) is 0.749. The summed E-state index contributed by atoms with van der Waals surface area (Å²) < 4.78 is 4.88. The zero-order chi connectivity index (χ0) is 13.7. The van der Waals surface area contributed by atoms with E-state index < -0.39 is 19.8 Å². The van der Waals surface area contributed by atoms with Crippen LogP contribution in [0.1, 0.15) is 39.5 Å². The molecule has 104 valence electrons. The van der Waals surface area contributed by atoms with Crippen LogP contribution in [0.15, 0.2) is 0 Å². The molecular weight excluding hydrogens is 339 g/mol. The third-order valence-corrected chi connectivity index (χ3v) is 2.08. The van der Waals surface area contributed by atoms with Crippen LogP contribution in [0.3, 0.4) is 0 Å². The van der Waals surface area contributed by atoms with Gasteiger partial charge in [-0.1, -0.05) is 33.1 Å². The molecule has 0 unspecified atom stereocenters. The Hall–Kier alpha value is 0.619. The fourth-order valence-corrected chi connectivity index (χ4v) is 1.15. The van der Waals surface area contributed by atoms with Gasteiger partial charge in [0.1, 0.15) is 0 Å². The Morgan fingerprint density at radius 2 is 1.71 bits per heavy atom. The number of rotatable bonds is 7. The average molecular weight is 369 g/mol. The Morgan fingerprint density at radius 1 is 1.18 bits per heavy atom. The summed E-state index contributed by atoms with van der Waals surface area (Å²) >= 11 is 3.17. The summed E-state index contributed by atoms with van der Waals surface area (Å²) in [4.78, 5) is 17.8. The van der Waals surface area contributed by atoms with Gasteiger partial charge in [-0.3, -0.25) is 4.79 Å². The minimum atomic E-state index is -0.637. The van der Waals surface area contributed by atoms with Crippen molar-refractivity contribution in [3.63, 3.8) is 0 Å². The van der Waals surface area contributed by atoms with E-state index in [9.17, 15) is 4.79 Å². The molecule has 0 aromatic heterocycles. The summed E-state index contributed by atoms with van der Waals surface area (Å²) in [5.41, 5.74) is 0. The van der Waals surface area contributed by atoms with Crippen LogP contribution in [0, 0.1) is 5.92 Å². The topological polar surface area (TPSA) is 26.3 Å². The Labute approximate surface area is 120 Å². The van der Waals surface area contributed by atoms with Crippen LogP contribution < -0.4 is 0 Å². The summed E-state index contributed by atoms with van der Waals surface area (Å²) in [7, 11) is 0. The van der Waals surface area contributed by atoms with Crippen molar-refractivity contribution in [1.82, 2.24) is 0 Å². The fraction of sp³-hybridized carbons (Fsp3) is 0.923. The molecule has 0 atom stereocenters. The van der Waals surface area contributed by atoms with Crippen molar-refractivity contribution in [1.29, 1.82) is 0 Å². The second-order valence-corrected chi connectivity index (χ2v) is 15.6. The quantitative estimate of drug-likeness (QED) is 0.320. The predicted octanol–water partition coefficient (Wildman–Crippen LogP) is 3.78. The molecule has 0 aromatic carbocycles. The van der Waals surface area contributed by atoms with Crippen molar-refractivity contribution < 1.29 is 9.53 Å². The van der Waals surface area contributed by atoms with Crippen LogP contribution in [-0.2, 0) is 9.53 Å². The van der Waals surface area contributed by atoms with Crippen LogP contribution in [0.2, 0.25) is 14.8 Å². The first-order chi connectivity index (χ1) is 7.90. The van der Waals surface area contributed by atoms with Crippen molar-refractivity contribution in [3.05, 3.63) is 0 Å². The van der Waals surface area contributed by atoms with Gasteiger partial charge in [0.15, 0.2) is 0 Å². The molecule has 0 aliphatic carbocycles. The number of hydrogen-bond donors (Lipinski definition) is 1. The Balaban J connectivity index is 0. The Bertz CT molecular complexity index is 170. The van der Waals surface area contributed by atoms with Gasteiger partial charge in [-0.15, -0.1) is 0 Å². The maximum atomic E-state index is 10.7. The fourth-order valence-electron chi connectivity index (χ4n) is 1.06. The molecule has 0 aliphatic heterocycles. The summed E-state index contributed by atoms with van der Waals surface area (Å²) in [6.07, 6.45) is 4.63. The third-order valence-electron chi connectivity index (χ3n) is 1.82. The van der Waals surface area contributed by atoms with E-state index >= 15 is 0 Å². The Morgan fingerprint density at radius 3 is 2.12 bits per heavy atom. The summed E-state index contributed by atoms with van der Waals surface area (Å²) in [6.45, 7) is 5.00. The van der Waals surface area contributed by atoms with Crippen molar-refractivity contribution >= 4 is 38.4 Å².